The van der Waals surface area contributed by atoms with Crippen LogP contribution in [0.3, 0.4) is 0 Å². The van der Waals surface area contributed by atoms with E-state index in [1.807, 2.05) is 42.5 Å². The average Bonchev–Trinajstić information content (AvgIpc) is 2.83. The summed E-state index contributed by atoms with van der Waals surface area (Å²) in [5.74, 6) is 0.741. The highest BCUT2D eigenvalue weighted by molar-refractivity contribution is 6.06. The average molecular weight is 419 g/mol. The second-order valence-corrected chi connectivity index (χ2v) is 7.30. The van der Waals surface area contributed by atoms with Gasteiger partial charge in [-0.05, 0) is 46.7 Å². The number of nitrogens with two attached hydrogens (primary N) is 1. The van der Waals surface area contributed by atoms with Crippen molar-refractivity contribution in [1.29, 1.82) is 5.26 Å². The number of pyridine rings is 1. The number of hydrogen-bond acceptors (Lipinski definition) is 6. The first-order valence-electron chi connectivity index (χ1n) is 9.90. The van der Waals surface area contributed by atoms with Crippen molar-refractivity contribution < 1.29 is 9.15 Å². The lowest BCUT2D eigenvalue weighted by molar-refractivity contribution is 0.415. The lowest BCUT2D eigenvalue weighted by Gasteiger charge is -2.11. The van der Waals surface area contributed by atoms with Gasteiger partial charge in [0, 0.05) is 10.9 Å². The zero-order valence-corrected chi connectivity index (χ0v) is 17.1. The van der Waals surface area contributed by atoms with Crippen LogP contribution >= 0.6 is 0 Å². The van der Waals surface area contributed by atoms with Gasteiger partial charge in [-0.25, -0.2) is 9.78 Å². The van der Waals surface area contributed by atoms with E-state index in [0.29, 0.717) is 22.6 Å². The third-order valence-electron chi connectivity index (χ3n) is 5.48. The normalized spacial score (nSPS) is 10.9. The summed E-state index contributed by atoms with van der Waals surface area (Å²) in [7, 11) is 1.58. The third-order valence-corrected chi connectivity index (χ3v) is 5.48. The number of methoxy groups -OCH3 is 1. The van der Waals surface area contributed by atoms with E-state index in [0.717, 1.165) is 21.7 Å². The summed E-state index contributed by atoms with van der Waals surface area (Å²) in [6, 6.07) is 24.4. The third kappa shape index (κ3) is 3.13. The van der Waals surface area contributed by atoms with Crippen LogP contribution in [-0.2, 0) is 0 Å². The van der Waals surface area contributed by atoms with E-state index in [4.69, 9.17) is 14.9 Å². The number of benzene rings is 3. The maximum atomic E-state index is 12.8. The first kappa shape index (κ1) is 19.3. The highest BCUT2D eigenvalue weighted by atomic mass is 16.5. The Hall–Kier alpha value is -4.63. The minimum atomic E-state index is -0.523. The highest BCUT2D eigenvalue weighted by Gasteiger charge is 2.17. The minimum Gasteiger partial charge on any atom is -0.497 e. The number of hydrogen-bond donors (Lipinski definition) is 1. The predicted molar refractivity (Wildman–Crippen MR) is 124 cm³/mol. The fourth-order valence-corrected chi connectivity index (χ4v) is 3.87. The van der Waals surface area contributed by atoms with E-state index < -0.39 is 5.63 Å². The lowest BCUT2D eigenvalue weighted by atomic mass is 9.98. The Kier molecular flexibility index (Phi) is 4.57. The molecule has 5 aromatic rings. The van der Waals surface area contributed by atoms with Gasteiger partial charge in [0.2, 0.25) is 0 Å². The van der Waals surface area contributed by atoms with Crippen LogP contribution in [0.2, 0.25) is 0 Å². The van der Waals surface area contributed by atoms with Crippen LogP contribution in [0, 0.1) is 11.3 Å². The van der Waals surface area contributed by atoms with Gasteiger partial charge in [-0.2, -0.15) is 5.26 Å². The molecule has 0 aliphatic heterocycles. The summed E-state index contributed by atoms with van der Waals surface area (Å²) in [4.78, 5) is 17.2. The van der Waals surface area contributed by atoms with Crippen LogP contribution in [-0.4, -0.2) is 12.1 Å². The van der Waals surface area contributed by atoms with Crippen LogP contribution < -0.4 is 16.1 Å². The number of aromatic nitrogens is 1. The summed E-state index contributed by atoms with van der Waals surface area (Å²) >= 11 is 0. The van der Waals surface area contributed by atoms with Gasteiger partial charge >= 0.3 is 5.63 Å². The van der Waals surface area contributed by atoms with E-state index in [1.54, 1.807) is 37.4 Å². The Morgan fingerprint density at radius 3 is 2.50 bits per heavy atom. The van der Waals surface area contributed by atoms with E-state index in [-0.39, 0.29) is 16.9 Å². The fourth-order valence-electron chi connectivity index (χ4n) is 3.87. The fraction of sp³-hybridized carbons (Fsp3) is 0.0385. The van der Waals surface area contributed by atoms with Crippen molar-refractivity contribution in [2.45, 2.75) is 0 Å². The molecule has 32 heavy (non-hydrogen) atoms. The van der Waals surface area contributed by atoms with Crippen molar-refractivity contribution in [1.82, 2.24) is 4.98 Å². The Labute approximate surface area is 183 Å². The topological polar surface area (TPSA) is 102 Å². The Balaban J connectivity index is 1.76. The second kappa shape index (κ2) is 7.56. The number of nitriles is 1. The highest BCUT2D eigenvalue weighted by Crippen LogP contribution is 2.33. The molecule has 0 aliphatic carbocycles. The smallest absolute Gasteiger partial charge is 0.345 e. The molecular weight excluding hydrogens is 402 g/mol. The number of fused-ring (bicyclic) bond motifs is 3. The molecule has 2 heterocycles. The molecule has 6 nitrogen and oxygen atoms in total. The predicted octanol–water partition coefficient (Wildman–Crippen LogP) is 5.14. The summed E-state index contributed by atoms with van der Waals surface area (Å²) < 4.78 is 10.8. The van der Waals surface area contributed by atoms with Crippen molar-refractivity contribution in [3.63, 3.8) is 0 Å². The number of nitrogens with zero attached hydrogens (tertiary/aromatic N) is 2. The molecule has 5 rings (SSSR count). The van der Waals surface area contributed by atoms with Gasteiger partial charge in [-0.1, -0.05) is 42.5 Å². The Bertz CT molecular complexity index is 1600. The van der Waals surface area contributed by atoms with Crippen LogP contribution in [0.1, 0.15) is 5.56 Å². The molecule has 0 atom stereocenters. The molecule has 0 spiro atoms. The molecule has 2 aromatic heterocycles. The summed E-state index contributed by atoms with van der Waals surface area (Å²) in [5.41, 5.74) is 8.30. The van der Waals surface area contributed by atoms with Gasteiger partial charge in [0.25, 0.3) is 0 Å². The van der Waals surface area contributed by atoms with E-state index >= 15 is 0 Å². The van der Waals surface area contributed by atoms with Gasteiger partial charge in [0.1, 0.15) is 28.8 Å². The van der Waals surface area contributed by atoms with Crippen molar-refractivity contribution in [3.8, 4) is 34.2 Å². The zero-order valence-electron chi connectivity index (χ0n) is 17.1. The summed E-state index contributed by atoms with van der Waals surface area (Å²) in [5, 5.41) is 12.5. The van der Waals surface area contributed by atoms with Gasteiger partial charge in [0.05, 0.1) is 18.4 Å². The zero-order chi connectivity index (χ0) is 22.2. The van der Waals surface area contributed by atoms with Crippen LogP contribution in [0.5, 0.6) is 5.75 Å². The molecule has 0 saturated heterocycles. The second-order valence-electron chi connectivity index (χ2n) is 7.30. The monoisotopic (exact) mass is 419 g/mol. The number of nitrogen functional groups attached to an aromatic ring is 1. The van der Waals surface area contributed by atoms with Crippen molar-refractivity contribution in [3.05, 3.63) is 88.8 Å². The molecule has 0 fully saturated rings. The molecule has 0 radical (unpaired) electrons. The van der Waals surface area contributed by atoms with Gasteiger partial charge in [0.15, 0.2) is 0 Å². The van der Waals surface area contributed by atoms with E-state index in [1.165, 1.54) is 0 Å². The van der Waals surface area contributed by atoms with Gasteiger partial charge < -0.3 is 14.9 Å². The van der Waals surface area contributed by atoms with Gasteiger partial charge in [-0.3, -0.25) is 0 Å². The molecule has 0 unspecified atom stereocenters. The van der Waals surface area contributed by atoms with E-state index in [2.05, 4.69) is 11.1 Å². The maximum absolute atomic E-state index is 12.8. The molecule has 3 aromatic carbocycles. The molecule has 154 valence electrons. The Morgan fingerprint density at radius 1 is 0.969 bits per heavy atom. The quantitative estimate of drug-likeness (QED) is 0.321. The number of rotatable bonds is 3. The minimum absolute atomic E-state index is 0.0493. The molecule has 0 amide bonds. The molecule has 0 bridgehead atoms. The summed E-state index contributed by atoms with van der Waals surface area (Å²) in [6.45, 7) is 0. The van der Waals surface area contributed by atoms with Crippen molar-refractivity contribution in [2.24, 2.45) is 0 Å². The molecule has 0 saturated carbocycles. The van der Waals surface area contributed by atoms with Gasteiger partial charge in [-0.15, -0.1) is 0 Å². The van der Waals surface area contributed by atoms with E-state index in [9.17, 15) is 10.1 Å². The Morgan fingerprint density at radius 2 is 1.75 bits per heavy atom. The molecular formula is C26H17N3O3. The number of ether oxygens (including phenoxy) is 1. The standard InChI is InChI=1S/C26H17N3O3/c1-31-17-9-6-16(7-10-17)19-13-23(29-25(28)22(19)14-27)21-12-20-18-5-3-2-4-15(18)8-11-24(20)32-26(21)30/h2-13H,1H3,(H2,28,29). The van der Waals surface area contributed by atoms with Crippen molar-refractivity contribution >= 4 is 27.6 Å². The number of anilines is 1. The largest absolute Gasteiger partial charge is 0.497 e. The lowest BCUT2D eigenvalue weighted by Crippen LogP contribution is -2.07. The van der Waals surface area contributed by atoms with Crippen LogP contribution in [0.25, 0.3) is 44.1 Å². The molecule has 2 N–H and O–H groups in total. The van der Waals surface area contributed by atoms with Crippen LogP contribution in [0.4, 0.5) is 5.82 Å². The first-order valence-corrected chi connectivity index (χ1v) is 9.90. The van der Waals surface area contributed by atoms with Crippen LogP contribution in [0.15, 0.2) is 82.0 Å². The maximum Gasteiger partial charge on any atom is 0.345 e. The molecule has 6 heteroatoms. The first-order chi connectivity index (χ1) is 15.6. The SMILES string of the molecule is COc1ccc(-c2cc(-c3cc4c(ccc5ccccc54)oc3=O)nc(N)c2C#N)cc1. The van der Waals surface area contributed by atoms with Crippen molar-refractivity contribution in [2.75, 3.05) is 12.8 Å². The summed E-state index contributed by atoms with van der Waals surface area (Å²) in [6.07, 6.45) is 0. The molecule has 0 aliphatic rings.